The van der Waals surface area contributed by atoms with Crippen LogP contribution in [-0.4, -0.2) is 35.1 Å². The van der Waals surface area contributed by atoms with Crippen LogP contribution in [0.15, 0.2) is 60.7 Å². The van der Waals surface area contributed by atoms with Crippen LogP contribution < -0.4 is 0 Å². The van der Waals surface area contributed by atoms with E-state index in [1.807, 2.05) is 12.1 Å². The Morgan fingerprint density at radius 2 is 1.41 bits per heavy atom. The number of benzene rings is 2. The number of carboxylic acids is 1. The highest BCUT2D eigenvalue weighted by Crippen LogP contribution is 2.34. The summed E-state index contributed by atoms with van der Waals surface area (Å²) in [6.45, 7) is 4.78. The number of carbonyl (C=O) groups is 2. The fourth-order valence-corrected chi connectivity index (χ4v) is 4.76. The first-order valence-corrected chi connectivity index (χ1v) is 11.7. The van der Waals surface area contributed by atoms with E-state index in [0.717, 1.165) is 45.3 Å². The van der Waals surface area contributed by atoms with Gasteiger partial charge in [0.05, 0.1) is 6.61 Å². The number of hydrogen-bond donors (Lipinski definition) is 1. The molecule has 0 bridgehead atoms. The lowest BCUT2D eigenvalue weighted by Crippen LogP contribution is -2.33. The van der Waals surface area contributed by atoms with Crippen molar-refractivity contribution in [3.05, 3.63) is 71.8 Å². The molecular formula is C27H35NO4. The highest BCUT2D eigenvalue weighted by atomic mass is 16.5. The Kier molecular flexibility index (Phi) is 9.29. The molecular weight excluding hydrogens is 402 g/mol. The summed E-state index contributed by atoms with van der Waals surface area (Å²) in [5, 5.41) is 9.44. The van der Waals surface area contributed by atoms with Crippen molar-refractivity contribution in [1.29, 1.82) is 0 Å². The van der Waals surface area contributed by atoms with E-state index >= 15 is 0 Å². The van der Waals surface area contributed by atoms with E-state index in [-0.39, 0.29) is 12.5 Å². The Hall–Kier alpha value is -2.66. The van der Waals surface area contributed by atoms with Crippen molar-refractivity contribution < 1.29 is 19.4 Å². The zero-order valence-electron chi connectivity index (χ0n) is 19.0. The molecule has 1 atom stereocenters. The van der Waals surface area contributed by atoms with E-state index in [2.05, 4.69) is 53.4 Å². The fraction of sp³-hybridized carbons (Fsp3) is 0.481. The van der Waals surface area contributed by atoms with E-state index in [4.69, 9.17) is 4.74 Å². The highest BCUT2D eigenvalue weighted by molar-refractivity contribution is 5.93. The van der Waals surface area contributed by atoms with Crippen molar-refractivity contribution in [3.8, 4) is 0 Å². The Bertz CT molecular complexity index is 790. The molecule has 2 aromatic rings. The molecule has 5 nitrogen and oxygen atoms in total. The average Bonchev–Trinajstić information content (AvgIpc) is 2.80. The maximum atomic E-state index is 12.0. The number of carbonyl (C=O) groups excluding carboxylic acids is 1. The number of esters is 1. The first-order valence-electron chi connectivity index (χ1n) is 11.7. The molecule has 0 saturated heterocycles. The molecule has 1 aliphatic rings. The Morgan fingerprint density at radius 3 is 1.88 bits per heavy atom. The van der Waals surface area contributed by atoms with Crippen LogP contribution in [0.4, 0.5) is 0 Å². The largest absolute Gasteiger partial charge is 0.481 e. The van der Waals surface area contributed by atoms with Crippen molar-refractivity contribution in [2.45, 2.75) is 52.1 Å². The van der Waals surface area contributed by atoms with Gasteiger partial charge in [0, 0.05) is 19.6 Å². The number of aliphatic carboxylic acids is 1. The summed E-state index contributed by atoms with van der Waals surface area (Å²) in [6.07, 6.45) is 4.47. The molecule has 1 fully saturated rings. The van der Waals surface area contributed by atoms with Crippen LogP contribution in [0.1, 0.15) is 50.2 Å². The lowest BCUT2D eigenvalue weighted by molar-refractivity contribution is -0.159. The molecule has 1 unspecified atom stereocenters. The standard InChI is InChI=1S/C27H35NO4/c1-2-32-27(31)25(26(29)30)17-21-13-15-24(16-14-21)20-28(18-22-9-5-3-6-10-22)19-23-11-7-4-8-12-23/h3-12,21,24-25H,2,13-20H2,1H3,(H,29,30). The highest BCUT2D eigenvalue weighted by Gasteiger charge is 2.33. The first kappa shape index (κ1) is 24.0. The van der Waals surface area contributed by atoms with Gasteiger partial charge in [0.2, 0.25) is 0 Å². The number of hydrogen-bond acceptors (Lipinski definition) is 4. The third kappa shape index (κ3) is 7.49. The predicted octanol–water partition coefficient (Wildman–Crippen LogP) is 5.15. The van der Waals surface area contributed by atoms with Gasteiger partial charge < -0.3 is 9.84 Å². The molecule has 0 heterocycles. The second kappa shape index (κ2) is 12.4. The molecule has 3 rings (SSSR count). The van der Waals surface area contributed by atoms with Gasteiger partial charge in [-0.25, -0.2) is 0 Å². The smallest absolute Gasteiger partial charge is 0.320 e. The summed E-state index contributed by atoms with van der Waals surface area (Å²) in [5.41, 5.74) is 2.63. The van der Waals surface area contributed by atoms with Crippen LogP contribution >= 0.6 is 0 Å². The van der Waals surface area contributed by atoms with Gasteiger partial charge in [0.15, 0.2) is 5.92 Å². The van der Waals surface area contributed by atoms with E-state index < -0.39 is 17.9 Å². The second-order valence-electron chi connectivity index (χ2n) is 8.91. The monoisotopic (exact) mass is 437 g/mol. The van der Waals surface area contributed by atoms with Gasteiger partial charge in [-0.15, -0.1) is 0 Å². The summed E-state index contributed by atoms with van der Waals surface area (Å²) in [4.78, 5) is 26.1. The van der Waals surface area contributed by atoms with Gasteiger partial charge in [-0.05, 0) is 49.1 Å². The van der Waals surface area contributed by atoms with Gasteiger partial charge in [0.1, 0.15) is 0 Å². The number of ether oxygens (including phenoxy) is 1. The van der Waals surface area contributed by atoms with Crippen molar-refractivity contribution >= 4 is 11.9 Å². The molecule has 1 aliphatic carbocycles. The number of nitrogens with zero attached hydrogens (tertiary/aromatic N) is 1. The molecule has 0 aromatic heterocycles. The lowest BCUT2D eigenvalue weighted by Gasteiger charge is -2.33. The normalized spacial score (nSPS) is 19.4. The van der Waals surface area contributed by atoms with Crippen LogP contribution in [0.2, 0.25) is 0 Å². The summed E-state index contributed by atoms with van der Waals surface area (Å²) in [6, 6.07) is 21.2. The van der Waals surface area contributed by atoms with Crippen LogP contribution in [-0.2, 0) is 27.4 Å². The summed E-state index contributed by atoms with van der Waals surface area (Å²) < 4.78 is 4.97. The molecule has 172 valence electrons. The summed E-state index contributed by atoms with van der Waals surface area (Å²) in [7, 11) is 0. The second-order valence-corrected chi connectivity index (χ2v) is 8.91. The molecule has 0 amide bonds. The van der Waals surface area contributed by atoms with Gasteiger partial charge in [-0.1, -0.05) is 73.5 Å². The van der Waals surface area contributed by atoms with Crippen molar-refractivity contribution in [2.24, 2.45) is 17.8 Å². The van der Waals surface area contributed by atoms with E-state index in [1.165, 1.54) is 11.1 Å². The SMILES string of the molecule is CCOC(=O)C(CC1CCC(CN(Cc2ccccc2)Cc2ccccc2)CC1)C(=O)O. The van der Waals surface area contributed by atoms with E-state index in [1.54, 1.807) is 6.92 Å². The van der Waals surface area contributed by atoms with E-state index in [0.29, 0.717) is 12.3 Å². The third-order valence-corrected chi connectivity index (χ3v) is 6.42. The van der Waals surface area contributed by atoms with Crippen molar-refractivity contribution in [3.63, 3.8) is 0 Å². The summed E-state index contributed by atoms with van der Waals surface area (Å²) in [5.74, 6) is -1.84. The van der Waals surface area contributed by atoms with Crippen LogP contribution in [0.3, 0.4) is 0 Å². The van der Waals surface area contributed by atoms with E-state index in [9.17, 15) is 14.7 Å². The number of rotatable bonds is 11. The van der Waals surface area contributed by atoms with Crippen molar-refractivity contribution in [1.82, 2.24) is 4.90 Å². The topological polar surface area (TPSA) is 66.8 Å². The number of carboxylic acid groups (broad SMARTS) is 1. The fourth-order valence-electron chi connectivity index (χ4n) is 4.76. The molecule has 1 saturated carbocycles. The van der Waals surface area contributed by atoms with Crippen molar-refractivity contribution in [2.75, 3.05) is 13.2 Å². The maximum absolute atomic E-state index is 12.0. The molecule has 0 spiro atoms. The van der Waals surface area contributed by atoms with Gasteiger partial charge in [-0.2, -0.15) is 0 Å². The molecule has 32 heavy (non-hydrogen) atoms. The molecule has 1 N–H and O–H groups in total. The minimum absolute atomic E-state index is 0.216. The predicted molar refractivity (Wildman–Crippen MR) is 125 cm³/mol. The molecule has 2 aromatic carbocycles. The first-order chi connectivity index (χ1) is 15.5. The van der Waals surface area contributed by atoms with Crippen LogP contribution in [0, 0.1) is 17.8 Å². The maximum Gasteiger partial charge on any atom is 0.320 e. The molecule has 5 heteroatoms. The lowest BCUT2D eigenvalue weighted by atomic mass is 9.77. The van der Waals surface area contributed by atoms with Crippen LogP contribution in [0.5, 0.6) is 0 Å². The minimum Gasteiger partial charge on any atom is -0.481 e. The third-order valence-electron chi connectivity index (χ3n) is 6.42. The average molecular weight is 438 g/mol. The molecule has 0 aliphatic heterocycles. The van der Waals surface area contributed by atoms with Gasteiger partial charge in [-0.3, -0.25) is 14.5 Å². The Labute approximate surface area is 191 Å². The zero-order chi connectivity index (χ0) is 22.8. The Balaban J connectivity index is 1.56. The minimum atomic E-state index is -1.07. The quantitative estimate of drug-likeness (QED) is 0.389. The van der Waals surface area contributed by atoms with Gasteiger partial charge >= 0.3 is 11.9 Å². The Morgan fingerprint density at radius 1 is 0.906 bits per heavy atom. The summed E-state index contributed by atoms with van der Waals surface area (Å²) >= 11 is 0. The van der Waals surface area contributed by atoms with Gasteiger partial charge in [0.25, 0.3) is 0 Å². The molecule has 0 radical (unpaired) electrons. The van der Waals surface area contributed by atoms with Crippen LogP contribution in [0.25, 0.3) is 0 Å². The zero-order valence-corrected chi connectivity index (χ0v) is 19.0.